The van der Waals surface area contributed by atoms with Crippen LogP contribution in [-0.2, 0) is 4.79 Å². The fourth-order valence-electron chi connectivity index (χ4n) is 2.60. The number of thioether (sulfide) groups is 1. The van der Waals surface area contributed by atoms with Crippen molar-refractivity contribution in [1.82, 2.24) is 0 Å². The summed E-state index contributed by atoms with van der Waals surface area (Å²) in [6.45, 7) is 1.71. The lowest BCUT2D eigenvalue weighted by Crippen LogP contribution is -2.27. The monoisotopic (exact) mass is 385 g/mol. The molecule has 5 nitrogen and oxygen atoms in total. The summed E-state index contributed by atoms with van der Waals surface area (Å²) in [6.07, 6.45) is 1.73. The van der Waals surface area contributed by atoms with Gasteiger partial charge in [0, 0.05) is 5.56 Å². The van der Waals surface area contributed by atoms with Crippen LogP contribution in [0.2, 0.25) is 0 Å². The second-order valence-electron chi connectivity index (χ2n) is 5.56. The highest BCUT2D eigenvalue weighted by Gasteiger charge is 2.34. The molecule has 0 atom stereocenters. The van der Waals surface area contributed by atoms with Gasteiger partial charge in [0.1, 0.15) is 5.75 Å². The Balaban J connectivity index is 1.99. The van der Waals surface area contributed by atoms with E-state index in [-0.39, 0.29) is 11.5 Å². The van der Waals surface area contributed by atoms with Crippen molar-refractivity contribution in [3.63, 3.8) is 0 Å². The zero-order chi connectivity index (χ0) is 18.8. The van der Waals surface area contributed by atoms with Gasteiger partial charge in [-0.3, -0.25) is 9.69 Å². The van der Waals surface area contributed by atoms with Crippen molar-refractivity contribution >= 4 is 51.9 Å². The molecule has 1 amide bonds. The Morgan fingerprint density at radius 2 is 2.00 bits per heavy atom. The largest absolute Gasteiger partial charge is 0.496 e. The van der Waals surface area contributed by atoms with Gasteiger partial charge in [-0.05, 0) is 36.8 Å². The van der Waals surface area contributed by atoms with Gasteiger partial charge in [-0.2, -0.15) is 0 Å². The fourth-order valence-corrected chi connectivity index (χ4v) is 3.89. The van der Waals surface area contributed by atoms with Crippen LogP contribution >= 0.6 is 24.0 Å². The number of benzene rings is 2. The number of carbonyl (C=O) groups excluding carboxylic acids is 1. The van der Waals surface area contributed by atoms with E-state index >= 15 is 0 Å². The molecule has 2 aromatic rings. The summed E-state index contributed by atoms with van der Waals surface area (Å²) in [6, 6.07) is 12.2. The molecular formula is C19H15NO4S2. The van der Waals surface area contributed by atoms with Crippen LogP contribution in [0.3, 0.4) is 0 Å². The van der Waals surface area contributed by atoms with Crippen LogP contribution < -0.4 is 9.64 Å². The normalized spacial score (nSPS) is 15.6. The van der Waals surface area contributed by atoms with Crippen molar-refractivity contribution in [2.24, 2.45) is 0 Å². The van der Waals surface area contributed by atoms with Crippen LogP contribution in [0.5, 0.6) is 5.75 Å². The number of carbonyl (C=O) groups is 2. The number of amides is 1. The molecule has 0 bridgehead atoms. The number of carboxylic acids is 1. The number of para-hydroxylation sites is 1. The molecule has 0 aromatic heterocycles. The second-order valence-corrected chi connectivity index (χ2v) is 7.24. The highest BCUT2D eigenvalue weighted by Crippen LogP contribution is 2.37. The zero-order valence-corrected chi connectivity index (χ0v) is 15.7. The third-order valence-electron chi connectivity index (χ3n) is 3.93. The van der Waals surface area contributed by atoms with Gasteiger partial charge in [0.05, 0.1) is 23.3 Å². The van der Waals surface area contributed by atoms with Gasteiger partial charge in [0.15, 0.2) is 4.32 Å². The quantitative estimate of drug-likeness (QED) is 0.631. The predicted octanol–water partition coefficient (Wildman–Crippen LogP) is 4.11. The summed E-state index contributed by atoms with van der Waals surface area (Å²) < 4.78 is 5.67. The molecule has 0 radical (unpaired) electrons. The van der Waals surface area contributed by atoms with Crippen molar-refractivity contribution in [3.05, 3.63) is 64.1 Å². The van der Waals surface area contributed by atoms with Gasteiger partial charge in [-0.25, -0.2) is 4.79 Å². The smallest absolute Gasteiger partial charge is 0.336 e. The number of aryl methyl sites for hydroxylation is 1. The number of methoxy groups -OCH3 is 1. The second kappa shape index (κ2) is 7.31. The lowest BCUT2D eigenvalue weighted by Gasteiger charge is -2.16. The Morgan fingerprint density at radius 3 is 2.69 bits per heavy atom. The van der Waals surface area contributed by atoms with Crippen LogP contribution in [0, 0.1) is 6.92 Å². The van der Waals surface area contributed by atoms with Crippen LogP contribution in [0.4, 0.5) is 5.69 Å². The number of nitrogens with zero attached hydrogens (tertiary/aromatic N) is 1. The molecule has 7 heteroatoms. The van der Waals surface area contributed by atoms with Crippen LogP contribution in [0.15, 0.2) is 47.4 Å². The van der Waals surface area contributed by atoms with E-state index < -0.39 is 5.97 Å². The third kappa shape index (κ3) is 3.36. The summed E-state index contributed by atoms with van der Waals surface area (Å²) in [7, 11) is 1.57. The first-order valence-electron chi connectivity index (χ1n) is 7.67. The number of hydrogen-bond donors (Lipinski definition) is 1. The van der Waals surface area contributed by atoms with Gasteiger partial charge < -0.3 is 9.84 Å². The maximum atomic E-state index is 12.8. The van der Waals surface area contributed by atoms with Crippen molar-refractivity contribution < 1.29 is 19.4 Å². The van der Waals surface area contributed by atoms with Gasteiger partial charge in [0.25, 0.3) is 5.91 Å². The maximum absolute atomic E-state index is 12.8. The van der Waals surface area contributed by atoms with Gasteiger partial charge >= 0.3 is 5.97 Å². The Labute approximate surface area is 160 Å². The van der Waals surface area contributed by atoms with E-state index in [9.17, 15) is 14.7 Å². The van der Waals surface area contributed by atoms with Crippen LogP contribution in [0.25, 0.3) is 6.08 Å². The zero-order valence-electron chi connectivity index (χ0n) is 14.1. The molecular weight excluding hydrogens is 370 g/mol. The summed E-state index contributed by atoms with van der Waals surface area (Å²) in [5.74, 6) is -0.674. The molecule has 0 aliphatic carbocycles. The van der Waals surface area contributed by atoms with E-state index in [1.54, 1.807) is 32.2 Å². The lowest BCUT2D eigenvalue weighted by atomic mass is 10.1. The van der Waals surface area contributed by atoms with Gasteiger partial charge in [0.2, 0.25) is 0 Å². The molecule has 3 rings (SSSR count). The molecule has 1 N–H and O–H groups in total. The first-order chi connectivity index (χ1) is 12.4. The molecule has 1 saturated heterocycles. The first kappa shape index (κ1) is 18.2. The molecule has 0 unspecified atom stereocenters. The highest BCUT2D eigenvalue weighted by atomic mass is 32.2. The Bertz CT molecular complexity index is 952. The molecule has 26 heavy (non-hydrogen) atoms. The molecule has 0 spiro atoms. The lowest BCUT2D eigenvalue weighted by molar-refractivity contribution is -0.113. The topological polar surface area (TPSA) is 66.8 Å². The number of carboxylic acid groups (broad SMARTS) is 1. The minimum Gasteiger partial charge on any atom is -0.496 e. The minimum atomic E-state index is -1.04. The number of anilines is 1. The predicted molar refractivity (Wildman–Crippen MR) is 107 cm³/mol. The van der Waals surface area contributed by atoms with Crippen molar-refractivity contribution in [2.75, 3.05) is 12.0 Å². The van der Waals surface area contributed by atoms with Gasteiger partial charge in [-0.15, -0.1) is 0 Å². The van der Waals surface area contributed by atoms with Crippen molar-refractivity contribution in [2.45, 2.75) is 6.92 Å². The first-order valence-corrected chi connectivity index (χ1v) is 8.89. The summed E-state index contributed by atoms with van der Waals surface area (Å²) in [5, 5.41) is 9.30. The standard InChI is InChI=1S/C19H15NO4S2/c1-11-7-8-13(10-14(11)18(22)23)20-17(21)16(26-19(20)25)9-12-5-3-4-6-15(12)24-2/h3-10H,1-2H3,(H,22,23). The van der Waals surface area contributed by atoms with Crippen molar-refractivity contribution in [3.8, 4) is 5.75 Å². The van der Waals surface area contributed by atoms with E-state index in [2.05, 4.69) is 0 Å². The maximum Gasteiger partial charge on any atom is 0.336 e. The van der Waals surface area contributed by atoms with E-state index in [0.717, 1.165) is 5.56 Å². The van der Waals surface area contributed by atoms with Crippen LogP contribution in [-0.4, -0.2) is 28.4 Å². The van der Waals surface area contributed by atoms with E-state index in [1.165, 1.54) is 22.7 Å². The summed E-state index contributed by atoms with van der Waals surface area (Å²) in [4.78, 5) is 26.0. The molecule has 0 saturated carbocycles. The SMILES string of the molecule is COc1ccccc1C=C1SC(=S)N(c2ccc(C)c(C(=O)O)c2)C1=O. The average molecular weight is 385 g/mol. The van der Waals surface area contributed by atoms with Crippen molar-refractivity contribution in [1.29, 1.82) is 0 Å². The number of thiocarbonyl (C=S) groups is 1. The highest BCUT2D eigenvalue weighted by molar-refractivity contribution is 8.27. The fraction of sp³-hybridized carbons (Fsp3) is 0.105. The molecule has 1 fully saturated rings. The average Bonchev–Trinajstić information content (AvgIpc) is 2.89. The Morgan fingerprint density at radius 1 is 1.27 bits per heavy atom. The number of aromatic carboxylic acids is 1. The Kier molecular flexibility index (Phi) is 5.11. The molecule has 1 aliphatic heterocycles. The molecule has 2 aromatic carbocycles. The van der Waals surface area contributed by atoms with Gasteiger partial charge in [-0.1, -0.05) is 48.2 Å². The third-order valence-corrected chi connectivity index (χ3v) is 5.23. The van der Waals surface area contributed by atoms with E-state index in [0.29, 0.717) is 26.2 Å². The summed E-state index contributed by atoms with van der Waals surface area (Å²) in [5.41, 5.74) is 1.98. The van der Waals surface area contributed by atoms with E-state index in [4.69, 9.17) is 17.0 Å². The Hall–Kier alpha value is -2.64. The number of rotatable bonds is 4. The van der Waals surface area contributed by atoms with Crippen LogP contribution in [0.1, 0.15) is 21.5 Å². The number of hydrogen-bond acceptors (Lipinski definition) is 5. The molecule has 1 heterocycles. The number of ether oxygens (including phenoxy) is 1. The molecule has 1 aliphatic rings. The summed E-state index contributed by atoms with van der Waals surface area (Å²) >= 11 is 6.52. The molecule has 132 valence electrons. The minimum absolute atomic E-state index is 0.144. The van der Waals surface area contributed by atoms with E-state index in [1.807, 2.05) is 24.3 Å².